The van der Waals surface area contributed by atoms with Gasteiger partial charge in [-0.1, -0.05) is 55.7 Å². The van der Waals surface area contributed by atoms with E-state index in [4.69, 9.17) is 9.15 Å². The zero-order chi connectivity index (χ0) is 18.3. The highest BCUT2D eigenvalue weighted by Crippen LogP contribution is 2.27. The van der Waals surface area contributed by atoms with Gasteiger partial charge in [0.2, 0.25) is 0 Å². The minimum absolute atomic E-state index is 0.0987. The molecule has 130 valence electrons. The number of hydrogen-bond acceptors (Lipinski definition) is 3. The van der Waals surface area contributed by atoms with E-state index in [-0.39, 0.29) is 5.78 Å². The summed E-state index contributed by atoms with van der Waals surface area (Å²) in [6, 6.07) is 7.86. The number of furan rings is 1. The second kappa shape index (κ2) is 6.37. The molecule has 2 rings (SSSR count). The number of carbonyl (C=O) groups is 1. The average Bonchev–Trinajstić information content (AvgIpc) is 2.87. The van der Waals surface area contributed by atoms with Crippen LogP contribution in [-0.2, 0) is 0 Å². The SMILES string of the molecule is CC(=O)c1ccc(Oc2cc([Si](C)(C)C)c([Si](C)(C)C)cc2C)o1. The van der Waals surface area contributed by atoms with E-state index >= 15 is 0 Å². The Morgan fingerprint density at radius 1 is 0.958 bits per heavy atom. The molecule has 1 heterocycles. The summed E-state index contributed by atoms with van der Waals surface area (Å²) in [5, 5.41) is 2.98. The van der Waals surface area contributed by atoms with Gasteiger partial charge in [-0.2, -0.15) is 0 Å². The molecular formula is C19H28O3Si2. The van der Waals surface area contributed by atoms with Crippen LogP contribution < -0.4 is 15.1 Å². The summed E-state index contributed by atoms with van der Waals surface area (Å²) in [5.74, 6) is 1.41. The molecule has 0 radical (unpaired) electrons. The fraction of sp³-hybridized carbons (Fsp3) is 0.421. The molecule has 1 aromatic carbocycles. The summed E-state index contributed by atoms with van der Waals surface area (Å²) in [7, 11) is -2.94. The van der Waals surface area contributed by atoms with Crippen molar-refractivity contribution in [1.29, 1.82) is 0 Å². The number of benzene rings is 1. The summed E-state index contributed by atoms with van der Waals surface area (Å²) in [6.07, 6.45) is 0. The maximum absolute atomic E-state index is 11.4. The van der Waals surface area contributed by atoms with Crippen LogP contribution >= 0.6 is 0 Å². The van der Waals surface area contributed by atoms with Crippen LogP contribution in [0.1, 0.15) is 23.0 Å². The highest BCUT2D eigenvalue weighted by molar-refractivity contribution is 6.98. The van der Waals surface area contributed by atoms with E-state index < -0.39 is 16.1 Å². The first-order valence-corrected chi connectivity index (χ1v) is 15.3. The first-order chi connectivity index (χ1) is 10.9. The minimum atomic E-state index is -1.50. The van der Waals surface area contributed by atoms with Gasteiger partial charge in [-0.25, -0.2) is 0 Å². The Labute approximate surface area is 147 Å². The molecule has 5 heteroatoms. The Balaban J connectivity index is 2.49. The predicted molar refractivity (Wildman–Crippen MR) is 106 cm³/mol. The van der Waals surface area contributed by atoms with Crippen LogP contribution in [0.2, 0.25) is 39.3 Å². The van der Waals surface area contributed by atoms with Gasteiger partial charge in [-0.3, -0.25) is 4.79 Å². The fourth-order valence-electron chi connectivity index (χ4n) is 2.71. The van der Waals surface area contributed by atoms with E-state index in [0.717, 1.165) is 11.3 Å². The zero-order valence-electron chi connectivity index (χ0n) is 16.0. The molecular weight excluding hydrogens is 332 g/mol. The van der Waals surface area contributed by atoms with Crippen LogP contribution in [0.25, 0.3) is 0 Å². The standard InChI is InChI=1S/C19H28O3Si2/c1-13-11-17(23(3,4)5)18(24(6,7)8)12-16(13)22-19-10-9-15(21-19)14(2)20/h9-12H,1-8H3. The smallest absolute Gasteiger partial charge is 0.290 e. The van der Waals surface area contributed by atoms with E-state index in [1.54, 1.807) is 12.1 Å². The molecule has 0 atom stereocenters. The quantitative estimate of drug-likeness (QED) is 0.574. The van der Waals surface area contributed by atoms with Gasteiger partial charge in [0.15, 0.2) is 11.5 Å². The summed E-state index contributed by atoms with van der Waals surface area (Å²) < 4.78 is 11.4. The van der Waals surface area contributed by atoms with Crippen LogP contribution in [0, 0.1) is 6.92 Å². The first-order valence-electron chi connectivity index (χ1n) is 8.34. The van der Waals surface area contributed by atoms with E-state index in [1.807, 2.05) is 0 Å². The van der Waals surface area contributed by atoms with E-state index in [2.05, 4.69) is 58.3 Å². The Morgan fingerprint density at radius 2 is 1.50 bits per heavy atom. The molecule has 0 aliphatic rings. The van der Waals surface area contributed by atoms with Crippen molar-refractivity contribution >= 4 is 32.3 Å². The van der Waals surface area contributed by atoms with Gasteiger partial charge in [-0.05, 0) is 24.6 Å². The number of aryl methyl sites for hydroxylation is 1. The fourth-order valence-corrected chi connectivity index (χ4v) is 7.94. The van der Waals surface area contributed by atoms with Crippen molar-refractivity contribution in [3.63, 3.8) is 0 Å². The second-order valence-corrected chi connectivity index (χ2v) is 18.5. The lowest BCUT2D eigenvalue weighted by Crippen LogP contribution is -2.56. The monoisotopic (exact) mass is 360 g/mol. The number of hydrogen-bond donors (Lipinski definition) is 0. The van der Waals surface area contributed by atoms with Crippen molar-refractivity contribution in [3.05, 3.63) is 35.6 Å². The molecule has 0 saturated heterocycles. The molecule has 0 saturated carbocycles. The normalized spacial score (nSPS) is 12.3. The lowest BCUT2D eigenvalue weighted by molar-refractivity contribution is 0.0982. The molecule has 0 aliphatic heterocycles. The second-order valence-electron chi connectivity index (χ2n) is 8.44. The zero-order valence-corrected chi connectivity index (χ0v) is 18.0. The van der Waals surface area contributed by atoms with Gasteiger partial charge >= 0.3 is 0 Å². The topological polar surface area (TPSA) is 39.4 Å². The highest BCUT2D eigenvalue weighted by Gasteiger charge is 2.29. The molecule has 0 spiro atoms. The molecule has 24 heavy (non-hydrogen) atoms. The van der Waals surface area contributed by atoms with Gasteiger partial charge in [0.05, 0.1) is 16.1 Å². The maximum Gasteiger partial charge on any atom is 0.290 e. The summed E-state index contributed by atoms with van der Waals surface area (Å²) in [5.41, 5.74) is 1.11. The highest BCUT2D eigenvalue weighted by atomic mass is 28.3. The van der Waals surface area contributed by atoms with Crippen LogP contribution in [0.4, 0.5) is 0 Å². The molecule has 2 aromatic rings. The summed E-state index contributed by atoms with van der Waals surface area (Å²) in [4.78, 5) is 11.4. The van der Waals surface area contributed by atoms with Crippen molar-refractivity contribution in [3.8, 4) is 11.7 Å². The molecule has 3 nitrogen and oxygen atoms in total. The Bertz CT molecular complexity index is 762. The van der Waals surface area contributed by atoms with Crippen molar-refractivity contribution in [2.24, 2.45) is 0 Å². The van der Waals surface area contributed by atoms with Crippen LogP contribution in [0.5, 0.6) is 11.7 Å². The Kier molecular flexibility index (Phi) is 4.97. The number of Topliss-reactive ketones (excluding diaryl/α,β-unsaturated/α-hetero) is 1. The van der Waals surface area contributed by atoms with Gasteiger partial charge in [0, 0.05) is 13.0 Å². The van der Waals surface area contributed by atoms with E-state index in [9.17, 15) is 4.79 Å². The third-order valence-electron chi connectivity index (χ3n) is 4.07. The van der Waals surface area contributed by atoms with Crippen molar-refractivity contribution < 1.29 is 13.9 Å². The largest absolute Gasteiger partial charge is 0.426 e. The minimum Gasteiger partial charge on any atom is -0.426 e. The number of ether oxygens (including phenoxy) is 1. The van der Waals surface area contributed by atoms with Crippen molar-refractivity contribution in [2.45, 2.75) is 53.1 Å². The van der Waals surface area contributed by atoms with Gasteiger partial charge in [-0.15, -0.1) is 0 Å². The third kappa shape index (κ3) is 4.08. The van der Waals surface area contributed by atoms with Crippen LogP contribution in [0.3, 0.4) is 0 Å². The maximum atomic E-state index is 11.4. The summed E-state index contributed by atoms with van der Waals surface area (Å²) in [6.45, 7) is 17.8. The predicted octanol–water partition coefficient (Wildman–Crippen LogP) is 4.67. The average molecular weight is 361 g/mol. The lowest BCUT2D eigenvalue weighted by Gasteiger charge is -2.29. The molecule has 0 aliphatic carbocycles. The molecule has 0 bridgehead atoms. The van der Waals surface area contributed by atoms with Crippen LogP contribution in [-0.4, -0.2) is 21.9 Å². The Hall–Kier alpha value is -1.60. The molecule has 0 amide bonds. The first kappa shape index (κ1) is 18.7. The lowest BCUT2D eigenvalue weighted by atomic mass is 10.2. The van der Waals surface area contributed by atoms with Gasteiger partial charge in [0.25, 0.3) is 5.95 Å². The van der Waals surface area contributed by atoms with Gasteiger partial charge < -0.3 is 9.15 Å². The van der Waals surface area contributed by atoms with Gasteiger partial charge in [0.1, 0.15) is 5.75 Å². The summed E-state index contributed by atoms with van der Waals surface area (Å²) >= 11 is 0. The molecule has 0 unspecified atom stereocenters. The van der Waals surface area contributed by atoms with Crippen molar-refractivity contribution in [2.75, 3.05) is 0 Å². The molecule has 0 fully saturated rings. The van der Waals surface area contributed by atoms with Crippen molar-refractivity contribution in [1.82, 2.24) is 0 Å². The van der Waals surface area contributed by atoms with E-state index in [1.165, 1.54) is 17.3 Å². The number of rotatable bonds is 5. The van der Waals surface area contributed by atoms with Crippen LogP contribution in [0.15, 0.2) is 28.7 Å². The Morgan fingerprint density at radius 3 is 1.96 bits per heavy atom. The third-order valence-corrected chi connectivity index (χ3v) is 8.38. The molecule has 0 N–H and O–H groups in total. The van der Waals surface area contributed by atoms with E-state index in [0.29, 0.717) is 11.7 Å². The number of carbonyl (C=O) groups excluding carboxylic acids is 1. The number of ketones is 1. The molecule has 1 aromatic heterocycles.